The predicted octanol–water partition coefficient (Wildman–Crippen LogP) is 0.421. The van der Waals surface area contributed by atoms with E-state index in [1.54, 1.807) is 6.92 Å². The summed E-state index contributed by atoms with van der Waals surface area (Å²) in [6.45, 7) is 3.18. The van der Waals surface area contributed by atoms with Crippen LogP contribution in [0.4, 0.5) is 4.79 Å². The van der Waals surface area contributed by atoms with Gasteiger partial charge in [0.2, 0.25) is 0 Å². The maximum Gasteiger partial charge on any atom is 0.317 e. The Bertz CT molecular complexity index is 366. The van der Waals surface area contributed by atoms with E-state index in [1.165, 1.54) is 4.90 Å². The Morgan fingerprint density at radius 3 is 3.00 bits per heavy atom. The molecule has 1 rings (SSSR count). The number of morpholine rings is 1. The standard InChI is InChI=1S/C12H19N3O4/c1-9(11(16)17)3-2-4-14-12(18)15-5-6-19-10(7-13)8-15/h9-10H,2-6,8H2,1H3,(H,14,18)(H,16,17). The van der Waals surface area contributed by atoms with E-state index >= 15 is 0 Å². The van der Waals surface area contributed by atoms with E-state index in [1.807, 2.05) is 6.07 Å². The molecule has 1 aliphatic heterocycles. The fraction of sp³-hybridized carbons (Fsp3) is 0.750. The highest BCUT2D eigenvalue weighted by Crippen LogP contribution is 2.06. The Hall–Kier alpha value is -1.81. The van der Waals surface area contributed by atoms with Crippen LogP contribution in [-0.4, -0.2) is 54.4 Å². The number of carbonyl (C=O) groups is 2. The van der Waals surface area contributed by atoms with Gasteiger partial charge in [-0.05, 0) is 12.8 Å². The molecule has 0 aromatic rings. The molecule has 0 radical (unpaired) electrons. The molecule has 1 saturated heterocycles. The van der Waals surface area contributed by atoms with Crippen LogP contribution in [0.15, 0.2) is 0 Å². The largest absolute Gasteiger partial charge is 0.481 e. The number of amides is 2. The van der Waals surface area contributed by atoms with Gasteiger partial charge in [0.05, 0.1) is 25.1 Å². The van der Waals surface area contributed by atoms with Gasteiger partial charge >= 0.3 is 12.0 Å². The van der Waals surface area contributed by atoms with Gasteiger partial charge < -0.3 is 20.1 Å². The van der Waals surface area contributed by atoms with Crippen molar-refractivity contribution in [3.8, 4) is 6.07 Å². The Morgan fingerprint density at radius 2 is 2.37 bits per heavy atom. The molecule has 19 heavy (non-hydrogen) atoms. The second-order valence-corrected chi connectivity index (χ2v) is 4.55. The fourth-order valence-electron chi connectivity index (χ4n) is 1.75. The minimum atomic E-state index is -0.823. The third-order valence-corrected chi connectivity index (χ3v) is 3.01. The molecule has 1 fully saturated rings. The second-order valence-electron chi connectivity index (χ2n) is 4.55. The van der Waals surface area contributed by atoms with Crippen molar-refractivity contribution in [3.63, 3.8) is 0 Å². The summed E-state index contributed by atoms with van der Waals surface area (Å²) in [5, 5.41) is 20.2. The highest BCUT2D eigenvalue weighted by atomic mass is 16.5. The minimum Gasteiger partial charge on any atom is -0.481 e. The van der Waals surface area contributed by atoms with E-state index in [4.69, 9.17) is 15.1 Å². The van der Waals surface area contributed by atoms with Gasteiger partial charge in [0.15, 0.2) is 6.10 Å². The molecule has 2 atom stereocenters. The number of ether oxygens (including phenoxy) is 1. The Kier molecular flexibility index (Phi) is 6.09. The normalized spacial score (nSPS) is 20.4. The smallest absolute Gasteiger partial charge is 0.317 e. The fourth-order valence-corrected chi connectivity index (χ4v) is 1.75. The number of carbonyl (C=O) groups excluding carboxylic acids is 1. The summed E-state index contributed by atoms with van der Waals surface area (Å²) in [6.07, 6.45) is 0.580. The zero-order chi connectivity index (χ0) is 14.3. The minimum absolute atomic E-state index is 0.230. The van der Waals surface area contributed by atoms with Gasteiger partial charge in [0.25, 0.3) is 0 Å². The monoisotopic (exact) mass is 269 g/mol. The number of carboxylic acids is 1. The Morgan fingerprint density at radius 1 is 1.63 bits per heavy atom. The molecule has 0 spiro atoms. The van der Waals surface area contributed by atoms with E-state index in [0.717, 1.165) is 0 Å². The van der Waals surface area contributed by atoms with Crippen molar-refractivity contribution >= 4 is 12.0 Å². The van der Waals surface area contributed by atoms with Crippen molar-refractivity contribution in [2.45, 2.75) is 25.9 Å². The van der Waals surface area contributed by atoms with Gasteiger partial charge in [-0.15, -0.1) is 0 Å². The molecule has 7 heteroatoms. The van der Waals surface area contributed by atoms with Crippen LogP contribution >= 0.6 is 0 Å². The highest BCUT2D eigenvalue weighted by Gasteiger charge is 2.23. The van der Waals surface area contributed by atoms with Crippen molar-refractivity contribution in [1.82, 2.24) is 10.2 Å². The molecule has 0 saturated carbocycles. The summed E-state index contributed by atoms with van der Waals surface area (Å²) in [5.74, 6) is -1.22. The SMILES string of the molecule is CC(CCCNC(=O)N1CCOC(C#N)C1)C(=O)O. The van der Waals surface area contributed by atoms with Crippen LogP contribution < -0.4 is 5.32 Å². The van der Waals surface area contributed by atoms with Crippen LogP contribution in [0.3, 0.4) is 0 Å². The van der Waals surface area contributed by atoms with Gasteiger partial charge in [0, 0.05) is 13.1 Å². The molecule has 106 valence electrons. The Balaban J connectivity index is 2.21. The number of nitrogens with zero attached hydrogens (tertiary/aromatic N) is 2. The van der Waals surface area contributed by atoms with Crippen LogP contribution in [0.5, 0.6) is 0 Å². The molecule has 7 nitrogen and oxygen atoms in total. The first-order chi connectivity index (χ1) is 9.04. The molecule has 2 amide bonds. The van der Waals surface area contributed by atoms with Crippen molar-refractivity contribution in [2.24, 2.45) is 5.92 Å². The lowest BCUT2D eigenvalue weighted by atomic mass is 10.1. The summed E-state index contributed by atoms with van der Waals surface area (Å²) < 4.78 is 5.14. The predicted molar refractivity (Wildman–Crippen MR) is 66.4 cm³/mol. The second kappa shape index (κ2) is 7.59. The molecule has 0 aromatic carbocycles. The van der Waals surface area contributed by atoms with Crippen molar-refractivity contribution in [3.05, 3.63) is 0 Å². The van der Waals surface area contributed by atoms with Crippen LogP contribution in [0.25, 0.3) is 0 Å². The van der Waals surface area contributed by atoms with Gasteiger partial charge in [0.1, 0.15) is 0 Å². The first kappa shape index (κ1) is 15.2. The van der Waals surface area contributed by atoms with Crippen LogP contribution in [-0.2, 0) is 9.53 Å². The molecular formula is C12H19N3O4. The van der Waals surface area contributed by atoms with Crippen molar-refractivity contribution in [1.29, 1.82) is 5.26 Å². The third-order valence-electron chi connectivity index (χ3n) is 3.01. The van der Waals surface area contributed by atoms with E-state index in [2.05, 4.69) is 5.32 Å². The van der Waals surface area contributed by atoms with E-state index in [9.17, 15) is 9.59 Å². The highest BCUT2D eigenvalue weighted by molar-refractivity contribution is 5.74. The number of urea groups is 1. The molecule has 0 aromatic heterocycles. The lowest BCUT2D eigenvalue weighted by molar-refractivity contribution is -0.141. The van der Waals surface area contributed by atoms with Gasteiger partial charge in [-0.1, -0.05) is 6.92 Å². The first-order valence-corrected chi connectivity index (χ1v) is 6.31. The maximum atomic E-state index is 11.8. The van der Waals surface area contributed by atoms with Crippen molar-refractivity contribution < 1.29 is 19.4 Å². The van der Waals surface area contributed by atoms with Crippen LogP contribution in [0, 0.1) is 17.2 Å². The zero-order valence-corrected chi connectivity index (χ0v) is 11.0. The van der Waals surface area contributed by atoms with E-state index in [0.29, 0.717) is 32.5 Å². The summed E-state index contributed by atoms with van der Waals surface area (Å²) in [4.78, 5) is 23.9. The topological polar surface area (TPSA) is 103 Å². The van der Waals surface area contributed by atoms with Gasteiger partial charge in [-0.3, -0.25) is 4.79 Å². The average molecular weight is 269 g/mol. The molecule has 2 unspecified atom stereocenters. The van der Waals surface area contributed by atoms with Crippen LogP contribution in [0.2, 0.25) is 0 Å². The number of hydrogen-bond donors (Lipinski definition) is 2. The molecular weight excluding hydrogens is 250 g/mol. The number of aliphatic carboxylic acids is 1. The molecule has 2 N–H and O–H groups in total. The number of rotatable bonds is 5. The lowest BCUT2D eigenvalue weighted by Gasteiger charge is -2.29. The quantitative estimate of drug-likeness (QED) is 0.704. The molecule has 0 bridgehead atoms. The molecule has 0 aliphatic carbocycles. The summed E-state index contributed by atoms with van der Waals surface area (Å²) in [5.41, 5.74) is 0. The third kappa shape index (κ3) is 5.14. The summed E-state index contributed by atoms with van der Waals surface area (Å²) >= 11 is 0. The lowest BCUT2D eigenvalue weighted by Crippen LogP contribution is -2.49. The van der Waals surface area contributed by atoms with Gasteiger partial charge in [-0.2, -0.15) is 5.26 Å². The summed E-state index contributed by atoms with van der Waals surface area (Å²) in [7, 11) is 0. The maximum absolute atomic E-state index is 11.8. The van der Waals surface area contributed by atoms with E-state index < -0.39 is 18.0 Å². The molecule has 1 aliphatic rings. The first-order valence-electron chi connectivity index (χ1n) is 6.31. The zero-order valence-electron chi connectivity index (χ0n) is 11.0. The number of carboxylic acid groups (broad SMARTS) is 1. The van der Waals surface area contributed by atoms with Crippen molar-refractivity contribution in [2.75, 3.05) is 26.2 Å². The average Bonchev–Trinajstić information content (AvgIpc) is 2.42. The number of nitrogens with one attached hydrogen (secondary N) is 1. The summed E-state index contributed by atoms with van der Waals surface area (Å²) in [6, 6.07) is 1.74. The Labute approximate surface area is 112 Å². The van der Waals surface area contributed by atoms with Crippen LogP contribution in [0.1, 0.15) is 19.8 Å². The van der Waals surface area contributed by atoms with E-state index in [-0.39, 0.29) is 12.6 Å². The molecule has 1 heterocycles. The number of hydrogen-bond acceptors (Lipinski definition) is 4. The van der Waals surface area contributed by atoms with Gasteiger partial charge in [-0.25, -0.2) is 4.79 Å². The number of nitriles is 1.